The number of aromatic nitrogens is 1. The third kappa shape index (κ3) is 4.60. The second-order valence-corrected chi connectivity index (χ2v) is 7.37. The molecule has 3 N–H and O–H groups in total. The Morgan fingerprint density at radius 3 is 2.57 bits per heavy atom. The van der Waals surface area contributed by atoms with Gasteiger partial charge < -0.3 is 20.9 Å². The largest absolute Gasteiger partial charge is 0.351 e. The maximum atomic E-state index is 13.3. The minimum absolute atomic E-state index is 0.0470. The molecular weight excluding hydrogens is 406 g/mol. The first kappa shape index (κ1) is 21.7. The quantitative estimate of drug-likeness (QED) is 0.699. The summed E-state index contributed by atoms with van der Waals surface area (Å²) in [5, 5.41) is 2.75. The molecule has 0 radical (unpaired) electrons. The number of carbonyl (C=O) groups is 3. The molecule has 1 unspecified atom stereocenters. The van der Waals surface area contributed by atoms with Crippen LogP contribution in [0.15, 0.2) is 42.6 Å². The van der Waals surface area contributed by atoms with Gasteiger partial charge in [0, 0.05) is 37.9 Å². The summed E-state index contributed by atoms with van der Waals surface area (Å²) in [4.78, 5) is 46.2. The summed E-state index contributed by atoms with van der Waals surface area (Å²) in [6, 6.07) is 10.3. The normalized spacial score (nSPS) is 16.3. The summed E-state index contributed by atoms with van der Waals surface area (Å²) in [7, 11) is 0. The van der Waals surface area contributed by atoms with Crippen LogP contribution in [0.2, 0.25) is 5.15 Å². The van der Waals surface area contributed by atoms with Crippen LogP contribution in [0.25, 0.3) is 0 Å². The molecular formula is C21H24ClN5O3. The lowest BCUT2D eigenvalue weighted by Gasteiger charge is -2.42. The van der Waals surface area contributed by atoms with Gasteiger partial charge in [0.05, 0.1) is 5.56 Å². The summed E-state index contributed by atoms with van der Waals surface area (Å²) < 4.78 is 0. The molecule has 0 bridgehead atoms. The van der Waals surface area contributed by atoms with E-state index in [9.17, 15) is 14.4 Å². The van der Waals surface area contributed by atoms with Gasteiger partial charge in [0.25, 0.3) is 17.7 Å². The highest BCUT2D eigenvalue weighted by Gasteiger charge is 2.41. The second kappa shape index (κ2) is 9.69. The molecule has 0 aliphatic carbocycles. The van der Waals surface area contributed by atoms with Crippen molar-refractivity contribution in [3.8, 4) is 0 Å². The highest BCUT2D eigenvalue weighted by molar-refractivity contribution is 6.32. The molecule has 1 saturated heterocycles. The Balaban J connectivity index is 1.97. The monoisotopic (exact) mass is 429 g/mol. The van der Waals surface area contributed by atoms with E-state index in [0.29, 0.717) is 25.1 Å². The van der Waals surface area contributed by atoms with Crippen molar-refractivity contribution in [1.29, 1.82) is 0 Å². The van der Waals surface area contributed by atoms with Crippen LogP contribution in [0, 0.1) is 6.92 Å². The first-order chi connectivity index (χ1) is 14.4. The number of carbonyl (C=O) groups excluding carboxylic acids is 3. The maximum Gasteiger partial charge on any atom is 0.263 e. The number of nitrogens with two attached hydrogens (primary N) is 1. The van der Waals surface area contributed by atoms with E-state index >= 15 is 0 Å². The smallest absolute Gasteiger partial charge is 0.263 e. The van der Waals surface area contributed by atoms with Gasteiger partial charge in [0.15, 0.2) is 6.17 Å². The third-order valence-electron chi connectivity index (χ3n) is 4.84. The zero-order valence-corrected chi connectivity index (χ0v) is 17.4. The number of amides is 3. The zero-order chi connectivity index (χ0) is 21.7. The Bertz CT molecular complexity index is 952. The van der Waals surface area contributed by atoms with Gasteiger partial charge in [0.1, 0.15) is 5.15 Å². The van der Waals surface area contributed by atoms with Gasteiger partial charge in [-0.15, -0.1) is 0 Å². The average molecular weight is 430 g/mol. The first-order valence-electron chi connectivity index (χ1n) is 9.71. The summed E-state index contributed by atoms with van der Waals surface area (Å²) in [5.41, 5.74) is 7.08. The molecule has 30 heavy (non-hydrogen) atoms. The predicted octanol–water partition coefficient (Wildman–Crippen LogP) is 1.43. The Morgan fingerprint density at radius 2 is 1.90 bits per heavy atom. The van der Waals surface area contributed by atoms with Crippen LogP contribution in [0.5, 0.6) is 0 Å². The topological polar surface area (TPSA) is 109 Å². The second-order valence-electron chi connectivity index (χ2n) is 7.02. The van der Waals surface area contributed by atoms with E-state index in [2.05, 4.69) is 10.3 Å². The number of halogens is 1. The number of rotatable bonds is 5. The highest BCUT2D eigenvalue weighted by atomic mass is 35.5. The fourth-order valence-corrected chi connectivity index (χ4v) is 3.66. The molecule has 0 spiro atoms. The number of benzene rings is 1. The molecule has 8 nitrogen and oxygen atoms in total. The van der Waals surface area contributed by atoms with Gasteiger partial charge in [0.2, 0.25) is 0 Å². The van der Waals surface area contributed by atoms with Gasteiger partial charge in [-0.05, 0) is 37.6 Å². The maximum absolute atomic E-state index is 13.3. The highest BCUT2D eigenvalue weighted by Crippen LogP contribution is 2.23. The fourth-order valence-electron chi connectivity index (χ4n) is 3.46. The molecule has 1 atom stereocenters. The minimum atomic E-state index is -1.11. The molecule has 2 aromatic rings. The summed E-state index contributed by atoms with van der Waals surface area (Å²) in [5.74, 6) is -1.24. The Hall–Kier alpha value is -2.97. The molecule has 2 heterocycles. The zero-order valence-electron chi connectivity index (χ0n) is 16.7. The van der Waals surface area contributed by atoms with E-state index in [1.54, 1.807) is 30.3 Å². The first-order valence-corrected chi connectivity index (χ1v) is 10.1. The standard InChI is InChI=1S/C21H24ClN5O3/c1-14-5-2-6-15(13-14)20(29)26-11-4-12-27(19(26)18(28)25-10-8-23)21(30)16-7-3-9-24-17(16)22/h2-3,5-7,9,13,19H,4,8,10-12,23H2,1H3,(H,25,28). The average Bonchev–Trinajstić information content (AvgIpc) is 2.76. The van der Waals surface area contributed by atoms with Gasteiger partial charge in [-0.3, -0.25) is 14.4 Å². The number of hydrogen-bond acceptors (Lipinski definition) is 5. The molecule has 1 fully saturated rings. The van der Waals surface area contributed by atoms with E-state index in [1.165, 1.54) is 16.0 Å². The number of nitrogens with zero attached hydrogens (tertiary/aromatic N) is 3. The van der Waals surface area contributed by atoms with Crippen LogP contribution in [0.3, 0.4) is 0 Å². The van der Waals surface area contributed by atoms with Crippen LogP contribution in [0.1, 0.15) is 32.7 Å². The number of pyridine rings is 1. The third-order valence-corrected chi connectivity index (χ3v) is 5.14. The van der Waals surface area contributed by atoms with Gasteiger partial charge in [-0.25, -0.2) is 4.98 Å². The van der Waals surface area contributed by atoms with E-state index in [0.717, 1.165) is 5.56 Å². The number of nitrogens with one attached hydrogen (secondary N) is 1. The lowest BCUT2D eigenvalue weighted by Crippen LogP contribution is -2.63. The Kier molecular flexibility index (Phi) is 7.02. The molecule has 1 aromatic heterocycles. The number of hydrogen-bond donors (Lipinski definition) is 2. The molecule has 3 amide bonds. The SMILES string of the molecule is Cc1cccc(C(=O)N2CCCN(C(=O)c3cccnc3Cl)C2C(=O)NCCN)c1. The van der Waals surface area contributed by atoms with E-state index in [4.69, 9.17) is 17.3 Å². The van der Waals surface area contributed by atoms with Crippen molar-refractivity contribution in [2.45, 2.75) is 19.5 Å². The van der Waals surface area contributed by atoms with Gasteiger partial charge >= 0.3 is 0 Å². The van der Waals surface area contributed by atoms with Crippen molar-refractivity contribution in [2.75, 3.05) is 26.2 Å². The predicted molar refractivity (Wildman–Crippen MR) is 113 cm³/mol. The lowest BCUT2D eigenvalue weighted by atomic mass is 10.1. The minimum Gasteiger partial charge on any atom is -0.351 e. The van der Waals surface area contributed by atoms with Crippen molar-refractivity contribution in [3.63, 3.8) is 0 Å². The van der Waals surface area contributed by atoms with Crippen LogP contribution in [-0.4, -0.2) is 64.9 Å². The van der Waals surface area contributed by atoms with Gasteiger partial charge in [-0.2, -0.15) is 0 Å². The Labute approximate surface area is 180 Å². The van der Waals surface area contributed by atoms with E-state index in [1.807, 2.05) is 13.0 Å². The molecule has 0 saturated carbocycles. The molecule has 1 aromatic carbocycles. The molecule has 1 aliphatic heterocycles. The van der Waals surface area contributed by atoms with Crippen molar-refractivity contribution in [2.24, 2.45) is 5.73 Å². The van der Waals surface area contributed by atoms with E-state index < -0.39 is 18.0 Å². The van der Waals surface area contributed by atoms with Crippen molar-refractivity contribution in [3.05, 3.63) is 64.4 Å². The summed E-state index contributed by atoms with van der Waals surface area (Å²) >= 11 is 6.11. The lowest BCUT2D eigenvalue weighted by molar-refractivity contribution is -0.132. The van der Waals surface area contributed by atoms with Gasteiger partial charge in [-0.1, -0.05) is 29.3 Å². The van der Waals surface area contributed by atoms with Crippen molar-refractivity contribution < 1.29 is 14.4 Å². The molecule has 158 valence electrons. The molecule has 9 heteroatoms. The fraction of sp³-hybridized carbons (Fsp3) is 0.333. The van der Waals surface area contributed by atoms with Crippen molar-refractivity contribution in [1.82, 2.24) is 20.1 Å². The number of aryl methyl sites for hydroxylation is 1. The van der Waals surface area contributed by atoms with Crippen LogP contribution < -0.4 is 11.1 Å². The van der Waals surface area contributed by atoms with Crippen molar-refractivity contribution >= 4 is 29.3 Å². The summed E-state index contributed by atoms with van der Waals surface area (Å²) in [6.45, 7) is 3.02. The van der Waals surface area contributed by atoms with Crippen LogP contribution in [-0.2, 0) is 4.79 Å². The van der Waals surface area contributed by atoms with E-state index in [-0.39, 0.29) is 29.7 Å². The molecule has 3 rings (SSSR count). The van der Waals surface area contributed by atoms with Crippen LogP contribution >= 0.6 is 11.6 Å². The summed E-state index contributed by atoms with van der Waals surface area (Å²) in [6.07, 6.45) is 0.901. The van der Waals surface area contributed by atoms with Crippen LogP contribution in [0.4, 0.5) is 0 Å². The molecule has 1 aliphatic rings. The Morgan fingerprint density at radius 1 is 1.17 bits per heavy atom.